The van der Waals surface area contributed by atoms with Gasteiger partial charge in [-0.1, -0.05) is 6.07 Å². The van der Waals surface area contributed by atoms with Crippen molar-refractivity contribution < 1.29 is 28.3 Å². The van der Waals surface area contributed by atoms with Crippen molar-refractivity contribution in [3.8, 4) is 11.5 Å². The first-order valence-corrected chi connectivity index (χ1v) is 9.90. The summed E-state index contributed by atoms with van der Waals surface area (Å²) in [6.45, 7) is 0.412. The van der Waals surface area contributed by atoms with E-state index in [4.69, 9.17) is 14.2 Å². The van der Waals surface area contributed by atoms with Crippen molar-refractivity contribution in [2.45, 2.75) is 6.54 Å². The van der Waals surface area contributed by atoms with Gasteiger partial charge in [0.1, 0.15) is 18.0 Å². The van der Waals surface area contributed by atoms with Gasteiger partial charge in [0.25, 0.3) is 11.6 Å². The fourth-order valence-electron chi connectivity index (χ4n) is 3.08. The Morgan fingerprint density at radius 1 is 1.09 bits per heavy atom. The van der Waals surface area contributed by atoms with Crippen LogP contribution in [0.4, 0.5) is 15.8 Å². The van der Waals surface area contributed by atoms with Crippen LogP contribution in [0.25, 0.3) is 0 Å². The smallest absolute Gasteiger partial charge is 0.286 e. The van der Waals surface area contributed by atoms with Crippen LogP contribution >= 0.6 is 0 Å². The van der Waals surface area contributed by atoms with Gasteiger partial charge >= 0.3 is 0 Å². The Bertz CT molecular complexity index is 1110. The highest BCUT2D eigenvalue weighted by atomic mass is 19.1. The molecule has 0 saturated heterocycles. The molecule has 172 valence electrons. The van der Waals surface area contributed by atoms with Gasteiger partial charge in [-0.3, -0.25) is 19.9 Å². The highest BCUT2D eigenvalue weighted by Crippen LogP contribution is 2.36. The number of nitro groups is 1. The van der Waals surface area contributed by atoms with Gasteiger partial charge in [0.2, 0.25) is 0 Å². The summed E-state index contributed by atoms with van der Waals surface area (Å²) in [5.74, 6) is -0.900. The standard InChI is InChI=1S/C23H22FN3O6/c1-31-11-12-33-22-14-20(27(29)30)19(13-21(22)32-2)23(28)26(15-17-5-3-4-10-25-17)18-8-6-16(24)7-9-18/h3-10,13-14H,11-12,15H2,1-2H3. The minimum absolute atomic E-state index is 0.0108. The SMILES string of the molecule is COCCOc1cc([N+](=O)[O-])c(C(=O)N(Cc2ccccn2)c2ccc(F)cc2)cc1OC. The van der Waals surface area contributed by atoms with E-state index in [1.54, 1.807) is 24.4 Å². The van der Waals surface area contributed by atoms with Crippen LogP contribution in [0.15, 0.2) is 60.8 Å². The van der Waals surface area contributed by atoms with Gasteiger partial charge in [-0.2, -0.15) is 0 Å². The second kappa shape index (κ2) is 11.0. The third-order valence-corrected chi connectivity index (χ3v) is 4.68. The number of benzene rings is 2. The second-order valence-corrected chi connectivity index (χ2v) is 6.81. The molecule has 2 aromatic carbocycles. The lowest BCUT2D eigenvalue weighted by molar-refractivity contribution is -0.385. The van der Waals surface area contributed by atoms with Crippen LogP contribution in [-0.2, 0) is 11.3 Å². The van der Waals surface area contributed by atoms with E-state index in [1.165, 1.54) is 49.5 Å². The summed E-state index contributed by atoms with van der Waals surface area (Å²) in [5.41, 5.74) is 0.225. The molecule has 0 radical (unpaired) electrons. The number of halogens is 1. The molecule has 0 aliphatic heterocycles. The Balaban J connectivity index is 2.06. The van der Waals surface area contributed by atoms with Gasteiger partial charge in [0, 0.05) is 25.1 Å². The van der Waals surface area contributed by atoms with Gasteiger partial charge in [-0.05, 0) is 36.4 Å². The van der Waals surface area contributed by atoms with Gasteiger partial charge in [-0.25, -0.2) is 4.39 Å². The summed E-state index contributed by atoms with van der Waals surface area (Å²) in [6, 6.07) is 12.8. The number of anilines is 1. The van der Waals surface area contributed by atoms with Gasteiger partial charge < -0.3 is 19.1 Å². The molecular weight excluding hydrogens is 433 g/mol. The van der Waals surface area contributed by atoms with Gasteiger partial charge in [0.15, 0.2) is 11.5 Å². The van der Waals surface area contributed by atoms with Crippen LogP contribution in [0.3, 0.4) is 0 Å². The number of pyridine rings is 1. The van der Waals surface area contributed by atoms with Crippen LogP contribution in [0.5, 0.6) is 11.5 Å². The van der Waals surface area contributed by atoms with Crippen molar-refractivity contribution in [3.05, 3.63) is 88.0 Å². The average molecular weight is 455 g/mol. The Labute approximate surface area is 189 Å². The molecule has 0 bridgehead atoms. The number of nitro benzene ring substituents is 1. The number of nitrogens with zero attached hydrogens (tertiary/aromatic N) is 3. The summed E-state index contributed by atoms with van der Waals surface area (Å²) in [7, 11) is 2.86. The predicted molar refractivity (Wildman–Crippen MR) is 118 cm³/mol. The number of aromatic nitrogens is 1. The van der Waals surface area contributed by atoms with Crippen LogP contribution in [0, 0.1) is 15.9 Å². The molecule has 0 aliphatic rings. The summed E-state index contributed by atoms with van der Waals surface area (Å²) in [4.78, 5) is 30.3. The van der Waals surface area contributed by atoms with E-state index >= 15 is 0 Å². The highest BCUT2D eigenvalue weighted by Gasteiger charge is 2.29. The quantitative estimate of drug-likeness (QED) is 0.258. The lowest BCUT2D eigenvalue weighted by Gasteiger charge is -2.23. The first-order valence-electron chi connectivity index (χ1n) is 9.90. The van der Waals surface area contributed by atoms with E-state index in [0.29, 0.717) is 11.4 Å². The maximum Gasteiger partial charge on any atom is 0.286 e. The van der Waals surface area contributed by atoms with E-state index in [9.17, 15) is 19.3 Å². The molecule has 0 spiro atoms. The largest absolute Gasteiger partial charge is 0.493 e. The summed E-state index contributed by atoms with van der Waals surface area (Å²) < 4.78 is 29.2. The predicted octanol–water partition coefficient (Wildman–Crippen LogP) is 4.01. The zero-order chi connectivity index (χ0) is 23.8. The lowest BCUT2D eigenvalue weighted by atomic mass is 10.1. The molecule has 3 aromatic rings. The van der Waals surface area contributed by atoms with E-state index in [1.807, 2.05) is 0 Å². The van der Waals surface area contributed by atoms with Crippen LogP contribution in [0.2, 0.25) is 0 Å². The van der Waals surface area contributed by atoms with Crippen molar-refractivity contribution in [2.75, 3.05) is 32.3 Å². The molecule has 1 amide bonds. The minimum atomic E-state index is -0.680. The molecular formula is C23H22FN3O6. The van der Waals surface area contributed by atoms with E-state index in [2.05, 4.69) is 4.98 Å². The number of hydrogen-bond donors (Lipinski definition) is 0. The Hall–Kier alpha value is -4.05. The first-order chi connectivity index (χ1) is 15.9. The molecule has 0 unspecified atom stereocenters. The molecule has 0 aliphatic carbocycles. The monoisotopic (exact) mass is 455 g/mol. The molecule has 0 atom stereocenters. The maximum absolute atomic E-state index is 13.6. The molecule has 1 aromatic heterocycles. The molecule has 10 heteroatoms. The summed E-state index contributed by atoms with van der Waals surface area (Å²) in [6.07, 6.45) is 1.57. The zero-order valence-corrected chi connectivity index (χ0v) is 18.1. The van der Waals surface area contributed by atoms with Crippen molar-refractivity contribution in [2.24, 2.45) is 0 Å². The number of rotatable bonds is 10. The first kappa shape index (κ1) is 23.6. The Morgan fingerprint density at radius 2 is 1.85 bits per heavy atom. The van der Waals surface area contributed by atoms with E-state index in [-0.39, 0.29) is 36.8 Å². The molecule has 1 heterocycles. The van der Waals surface area contributed by atoms with Crippen molar-refractivity contribution in [1.82, 2.24) is 4.98 Å². The summed E-state index contributed by atoms with van der Waals surface area (Å²) in [5, 5.41) is 11.8. The Kier molecular flexibility index (Phi) is 7.87. The van der Waals surface area contributed by atoms with Gasteiger partial charge in [-0.15, -0.1) is 0 Å². The molecule has 9 nitrogen and oxygen atoms in total. The normalized spacial score (nSPS) is 10.5. The van der Waals surface area contributed by atoms with Crippen molar-refractivity contribution in [3.63, 3.8) is 0 Å². The highest BCUT2D eigenvalue weighted by molar-refractivity contribution is 6.09. The van der Waals surface area contributed by atoms with E-state index < -0.39 is 22.3 Å². The second-order valence-electron chi connectivity index (χ2n) is 6.81. The molecule has 0 fully saturated rings. The molecule has 0 saturated carbocycles. The number of amides is 1. The zero-order valence-electron chi connectivity index (χ0n) is 18.1. The maximum atomic E-state index is 13.6. The molecule has 0 N–H and O–H groups in total. The van der Waals surface area contributed by atoms with E-state index in [0.717, 1.165) is 6.07 Å². The number of ether oxygens (including phenoxy) is 3. The number of carbonyl (C=O) groups excluding carboxylic acids is 1. The van der Waals surface area contributed by atoms with Crippen LogP contribution < -0.4 is 14.4 Å². The van der Waals surface area contributed by atoms with Crippen molar-refractivity contribution in [1.29, 1.82) is 0 Å². The van der Waals surface area contributed by atoms with Crippen LogP contribution in [0.1, 0.15) is 16.1 Å². The third-order valence-electron chi connectivity index (χ3n) is 4.68. The minimum Gasteiger partial charge on any atom is -0.493 e. The lowest BCUT2D eigenvalue weighted by Crippen LogP contribution is -2.31. The fourth-order valence-corrected chi connectivity index (χ4v) is 3.08. The number of hydrogen-bond acceptors (Lipinski definition) is 7. The molecule has 3 rings (SSSR count). The van der Waals surface area contributed by atoms with Crippen LogP contribution in [-0.4, -0.2) is 43.2 Å². The fraction of sp³-hybridized carbons (Fsp3) is 0.217. The topological polar surface area (TPSA) is 104 Å². The molecule has 33 heavy (non-hydrogen) atoms. The Morgan fingerprint density at radius 3 is 2.45 bits per heavy atom. The number of carbonyl (C=O) groups is 1. The third kappa shape index (κ3) is 5.80. The average Bonchev–Trinajstić information content (AvgIpc) is 2.83. The number of methoxy groups -OCH3 is 2. The van der Waals surface area contributed by atoms with Crippen molar-refractivity contribution >= 4 is 17.3 Å². The van der Waals surface area contributed by atoms with Gasteiger partial charge in [0.05, 0.1) is 36.9 Å². The summed E-state index contributed by atoms with van der Waals surface area (Å²) >= 11 is 0.